The highest BCUT2D eigenvalue weighted by atomic mass is 32.2. The monoisotopic (exact) mass is 320 g/mol. The SMILES string of the molecule is CC1CNCCC1NC(=O)CSc1ccc(C(C)(C)C)cc1. The third-order valence-corrected chi connectivity index (χ3v) is 5.23. The average molecular weight is 321 g/mol. The van der Waals surface area contributed by atoms with Crippen molar-refractivity contribution in [1.82, 2.24) is 10.6 Å². The number of nitrogens with one attached hydrogen (secondary N) is 2. The maximum Gasteiger partial charge on any atom is 0.230 e. The largest absolute Gasteiger partial charge is 0.352 e. The lowest BCUT2D eigenvalue weighted by Crippen LogP contribution is -2.48. The Labute approximate surface area is 138 Å². The summed E-state index contributed by atoms with van der Waals surface area (Å²) < 4.78 is 0. The molecule has 1 aliphatic rings. The van der Waals surface area contributed by atoms with E-state index in [4.69, 9.17) is 0 Å². The van der Waals surface area contributed by atoms with E-state index in [0.29, 0.717) is 17.7 Å². The second-order valence-electron chi connectivity index (χ2n) is 7.21. The van der Waals surface area contributed by atoms with E-state index in [1.165, 1.54) is 5.56 Å². The standard InChI is InChI=1S/C18H28N2OS/c1-13-11-19-10-9-16(13)20-17(21)12-22-15-7-5-14(6-8-15)18(2,3)4/h5-8,13,16,19H,9-12H2,1-4H3,(H,20,21). The van der Waals surface area contributed by atoms with Crippen molar-refractivity contribution in [3.05, 3.63) is 29.8 Å². The lowest BCUT2D eigenvalue weighted by Gasteiger charge is -2.30. The van der Waals surface area contributed by atoms with Crippen molar-refractivity contribution in [2.24, 2.45) is 5.92 Å². The Morgan fingerprint density at radius 3 is 2.59 bits per heavy atom. The molecule has 0 aliphatic carbocycles. The second-order valence-corrected chi connectivity index (χ2v) is 8.26. The summed E-state index contributed by atoms with van der Waals surface area (Å²) in [5.74, 6) is 1.14. The number of hydrogen-bond acceptors (Lipinski definition) is 3. The zero-order valence-electron chi connectivity index (χ0n) is 14.1. The molecule has 122 valence electrons. The van der Waals surface area contributed by atoms with Crippen LogP contribution in [0.4, 0.5) is 0 Å². The molecule has 0 spiro atoms. The number of thioether (sulfide) groups is 1. The molecule has 2 N–H and O–H groups in total. The highest BCUT2D eigenvalue weighted by molar-refractivity contribution is 8.00. The second kappa shape index (κ2) is 7.51. The van der Waals surface area contributed by atoms with Crippen molar-refractivity contribution in [2.45, 2.75) is 50.5 Å². The summed E-state index contributed by atoms with van der Waals surface area (Å²) in [5, 5.41) is 6.53. The van der Waals surface area contributed by atoms with Crippen LogP contribution in [-0.4, -0.2) is 30.8 Å². The molecule has 1 fully saturated rings. The average Bonchev–Trinajstić information content (AvgIpc) is 2.47. The lowest BCUT2D eigenvalue weighted by molar-refractivity contribution is -0.119. The number of amides is 1. The van der Waals surface area contributed by atoms with Crippen LogP contribution in [-0.2, 0) is 10.2 Å². The summed E-state index contributed by atoms with van der Waals surface area (Å²) in [4.78, 5) is 13.3. The first-order valence-electron chi connectivity index (χ1n) is 8.09. The van der Waals surface area contributed by atoms with Crippen LogP contribution < -0.4 is 10.6 Å². The quantitative estimate of drug-likeness (QED) is 0.837. The number of rotatable bonds is 4. The molecule has 0 radical (unpaired) electrons. The Bertz CT molecular complexity index is 493. The van der Waals surface area contributed by atoms with Crippen LogP contribution in [0.3, 0.4) is 0 Å². The molecular weight excluding hydrogens is 292 g/mol. The molecule has 2 rings (SSSR count). The zero-order valence-corrected chi connectivity index (χ0v) is 14.9. The number of piperidine rings is 1. The molecule has 4 heteroatoms. The van der Waals surface area contributed by atoms with Gasteiger partial charge in [0.2, 0.25) is 5.91 Å². The Balaban J connectivity index is 1.81. The maximum absolute atomic E-state index is 12.1. The van der Waals surface area contributed by atoms with E-state index in [2.05, 4.69) is 62.6 Å². The molecule has 0 saturated carbocycles. The van der Waals surface area contributed by atoms with Crippen LogP contribution >= 0.6 is 11.8 Å². The topological polar surface area (TPSA) is 41.1 Å². The summed E-state index contributed by atoms with van der Waals surface area (Å²) in [6.45, 7) is 10.8. The normalized spacial score (nSPS) is 22.4. The number of carbonyl (C=O) groups is 1. The lowest BCUT2D eigenvalue weighted by atomic mass is 9.87. The first-order chi connectivity index (χ1) is 10.4. The molecule has 1 heterocycles. The van der Waals surface area contributed by atoms with E-state index in [0.717, 1.165) is 24.4 Å². The smallest absolute Gasteiger partial charge is 0.230 e. The predicted octanol–water partition coefficient (Wildman–Crippen LogP) is 3.19. The van der Waals surface area contributed by atoms with Gasteiger partial charge in [-0.15, -0.1) is 11.8 Å². The van der Waals surface area contributed by atoms with Crippen LogP contribution in [0, 0.1) is 5.92 Å². The molecule has 1 aromatic rings. The van der Waals surface area contributed by atoms with Gasteiger partial charge in [0, 0.05) is 10.9 Å². The summed E-state index contributed by atoms with van der Waals surface area (Å²) >= 11 is 1.61. The van der Waals surface area contributed by atoms with Crippen molar-refractivity contribution < 1.29 is 4.79 Å². The molecular formula is C18H28N2OS. The molecule has 1 aromatic carbocycles. The molecule has 0 bridgehead atoms. The molecule has 0 aromatic heterocycles. The molecule has 22 heavy (non-hydrogen) atoms. The van der Waals surface area contributed by atoms with Gasteiger partial charge in [-0.3, -0.25) is 4.79 Å². The van der Waals surface area contributed by atoms with Crippen LogP contribution in [0.5, 0.6) is 0 Å². The van der Waals surface area contributed by atoms with Crippen LogP contribution in [0.2, 0.25) is 0 Å². The fourth-order valence-electron chi connectivity index (χ4n) is 2.68. The van der Waals surface area contributed by atoms with Gasteiger partial charge in [-0.25, -0.2) is 0 Å². The van der Waals surface area contributed by atoms with Gasteiger partial charge in [-0.1, -0.05) is 39.8 Å². The summed E-state index contributed by atoms with van der Waals surface area (Å²) in [5.41, 5.74) is 1.50. The number of hydrogen-bond donors (Lipinski definition) is 2. The minimum absolute atomic E-state index is 0.142. The first-order valence-corrected chi connectivity index (χ1v) is 9.08. The van der Waals surface area contributed by atoms with Crippen molar-refractivity contribution in [1.29, 1.82) is 0 Å². The highest BCUT2D eigenvalue weighted by Crippen LogP contribution is 2.25. The molecule has 1 saturated heterocycles. The van der Waals surface area contributed by atoms with Gasteiger partial charge in [-0.05, 0) is 48.5 Å². The van der Waals surface area contributed by atoms with E-state index >= 15 is 0 Å². The van der Waals surface area contributed by atoms with Crippen LogP contribution in [0.15, 0.2) is 29.2 Å². The maximum atomic E-state index is 12.1. The van der Waals surface area contributed by atoms with Crippen LogP contribution in [0.25, 0.3) is 0 Å². The van der Waals surface area contributed by atoms with E-state index in [1.807, 2.05) is 0 Å². The minimum Gasteiger partial charge on any atom is -0.352 e. The number of carbonyl (C=O) groups excluding carboxylic acids is 1. The number of benzene rings is 1. The summed E-state index contributed by atoms with van der Waals surface area (Å²) in [6, 6.07) is 8.87. The van der Waals surface area contributed by atoms with Gasteiger partial charge in [0.25, 0.3) is 0 Å². The fraction of sp³-hybridized carbons (Fsp3) is 0.611. The predicted molar refractivity (Wildman–Crippen MR) is 94.4 cm³/mol. The summed E-state index contributed by atoms with van der Waals surface area (Å²) in [6.07, 6.45) is 1.03. The van der Waals surface area contributed by atoms with E-state index in [-0.39, 0.29) is 11.3 Å². The Kier molecular flexibility index (Phi) is 5.93. The van der Waals surface area contributed by atoms with E-state index in [9.17, 15) is 4.79 Å². The van der Waals surface area contributed by atoms with E-state index < -0.39 is 0 Å². The molecule has 2 atom stereocenters. The van der Waals surface area contributed by atoms with Gasteiger partial charge >= 0.3 is 0 Å². The van der Waals surface area contributed by atoms with Gasteiger partial charge in [0.05, 0.1) is 5.75 Å². The first kappa shape index (κ1) is 17.4. The van der Waals surface area contributed by atoms with Crippen molar-refractivity contribution in [2.75, 3.05) is 18.8 Å². The minimum atomic E-state index is 0.142. The third-order valence-electron chi connectivity index (χ3n) is 4.22. The van der Waals surface area contributed by atoms with Gasteiger partial charge in [0.1, 0.15) is 0 Å². The van der Waals surface area contributed by atoms with Gasteiger partial charge in [0.15, 0.2) is 0 Å². The van der Waals surface area contributed by atoms with Crippen LogP contribution in [0.1, 0.15) is 39.7 Å². The van der Waals surface area contributed by atoms with Gasteiger partial charge < -0.3 is 10.6 Å². The zero-order chi connectivity index (χ0) is 16.2. The van der Waals surface area contributed by atoms with Crippen molar-refractivity contribution >= 4 is 17.7 Å². The van der Waals surface area contributed by atoms with Crippen molar-refractivity contribution in [3.8, 4) is 0 Å². The summed E-state index contributed by atoms with van der Waals surface area (Å²) in [7, 11) is 0. The Morgan fingerprint density at radius 2 is 2.00 bits per heavy atom. The molecule has 1 aliphatic heterocycles. The highest BCUT2D eigenvalue weighted by Gasteiger charge is 2.22. The molecule has 2 unspecified atom stereocenters. The molecule has 3 nitrogen and oxygen atoms in total. The Hall–Kier alpha value is -1.00. The van der Waals surface area contributed by atoms with Crippen molar-refractivity contribution in [3.63, 3.8) is 0 Å². The van der Waals surface area contributed by atoms with Gasteiger partial charge in [-0.2, -0.15) is 0 Å². The fourth-order valence-corrected chi connectivity index (χ4v) is 3.39. The Morgan fingerprint density at radius 1 is 1.32 bits per heavy atom. The molecule has 1 amide bonds. The third kappa shape index (κ3) is 5.03. The van der Waals surface area contributed by atoms with E-state index in [1.54, 1.807) is 11.8 Å².